The number of nitrogens with one attached hydrogen (secondary N) is 1. The van der Waals surface area contributed by atoms with E-state index in [0.717, 1.165) is 0 Å². The molecule has 0 aliphatic rings. The third-order valence-electron chi connectivity index (χ3n) is 1.69. The van der Waals surface area contributed by atoms with E-state index in [1.165, 1.54) is 0 Å². The van der Waals surface area contributed by atoms with E-state index in [0.29, 0.717) is 11.7 Å². The zero-order chi connectivity index (χ0) is 10.6. The fourth-order valence-electron chi connectivity index (χ4n) is 0.873. The Balaban J connectivity index is 2.42. The molecule has 14 heavy (non-hydrogen) atoms. The van der Waals surface area contributed by atoms with E-state index in [1.54, 1.807) is 20.0 Å². The van der Waals surface area contributed by atoms with Crippen molar-refractivity contribution < 1.29 is 9.21 Å². The maximum Gasteiger partial charge on any atom is 0.237 e. The van der Waals surface area contributed by atoms with E-state index >= 15 is 0 Å². The molecule has 0 aliphatic heterocycles. The molecule has 5 heteroatoms. The molecule has 1 atom stereocenters. The van der Waals surface area contributed by atoms with E-state index in [1.807, 2.05) is 6.07 Å². The van der Waals surface area contributed by atoms with Crippen molar-refractivity contribution in [2.24, 2.45) is 5.92 Å². The van der Waals surface area contributed by atoms with Gasteiger partial charge < -0.3 is 9.73 Å². The summed E-state index contributed by atoms with van der Waals surface area (Å²) in [6, 6.07) is 1.85. The van der Waals surface area contributed by atoms with Crippen LogP contribution < -0.4 is 5.32 Å². The molecule has 0 fully saturated rings. The number of carbonyl (C=O) groups is 1. The zero-order valence-electron chi connectivity index (χ0n) is 8.07. The number of hydrogen-bond acceptors (Lipinski definition) is 4. The van der Waals surface area contributed by atoms with Gasteiger partial charge in [0.15, 0.2) is 5.89 Å². The molecule has 74 valence electrons. The summed E-state index contributed by atoms with van der Waals surface area (Å²) >= 11 is 0. The molecule has 0 saturated heterocycles. The molecule has 1 amide bonds. The minimum absolute atomic E-state index is 0.270. The van der Waals surface area contributed by atoms with E-state index in [-0.39, 0.29) is 12.5 Å². The van der Waals surface area contributed by atoms with Crippen LogP contribution in [0, 0.1) is 24.2 Å². The number of aromatic nitrogens is 1. The molecule has 0 radical (unpaired) electrons. The number of aryl methyl sites for hydroxylation is 1. The highest BCUT2D eigenvalue weighted by molar-refractivity contribution is 5.80. The van der Waals surface area contributed by atoms with Gasteiger partial charge in [-0.25, -0.2) is 4.98 Å². The Morgan fingerprint density at radius 1 is 1.86 bits per heavy atom. The summed E-state index contributed by atoms with van der Waals surface area (Å²) in [4.78, 5) is 15.0. The highest BCUT2D eigenvalue weighted by atomic mass is 16.4. The number of amides is 1. The van der Waals surface area contributed by atoms with E-state index < -0.39 is 5.92 Å². The van der Waals surface area contributed by atoms with Crippen molar-refractivity contribution in [2.45, 2.75) is 20.4 Å². The molecule has 1 aromatic rings. The summed E-state index contributed by atoms with van der Waals surface area (Å²) < 4.78 is 5.14. The minimum atomic E-state index is -0.640. The molecule has 1 unspecified atom stereocenters. The Kier molecular flexibility index (Phi) is 3.24. The third kappa shape index (κ3) is 2.59. The molecule has 5 nitrogen and oxygen atoms in total. The molecular formula is C9H11N3O2. The van der Waals surface area contributed by atoms with Crippen LogP contribution in [0.1, 0.15) is 18.6 Å². The van der Waals surface area contributed by atoms with Gasteiger partial charge in [-0.2, -0.15) is 5.26 Å². The van der Waals surface area contributed by atoms with Crippen LogP contribution in [0.3, 0.4) is 0 Å². The quantitative estimate of drug-likeness (QED) is 0.768. The van der Waals surface area contributed by atoms with Gasteiger partial charge >= 0.3 is 0 Å². The first-order chi connectivity index (χ1) is 6.63. The van der Waals surface area contributed by atoms with Crippen molar-refractivity contribution in [1.29, 1.82) is 5.26 Å². The fraction of sp³-hybridized carbons (Fsp3) is 0.444. The lowest BCUT2D eigenvalue weighted by Gasteiger charge is -2.02. The number of rotatable bonds is 3. The van der Waals surface area contributed by atoms with Crippen molar-refractivity contribution in [3.8, 4) is 6.07 Å². The number of hydrogen-bond donors (Lipinski definition) is 1. The van der Waals surface area contributed by atoms with Crippen LogP contribution in [0.25, 0.3) is 0 Å². The van der Waals surface area contributed by atoms with Crippen molar-refractivity contribution in [2.75, 3.05) is 0 Å². The molecule has 1 rings (SSSR count). The second kappa shape index (κ2) is 4.42. The molecule has 1 heterocycles. The van der Waals surface area contributed by atoms with Crippen molar-refractivity contribution in [3.63, 3.8) is 0 Å². The highest BCUT2D eigenvalue weighted by Crippen LogP contribution is 2.01. The molecule has 1 N–H and O–H groups in total. The van der Waals surface area contributed by atoms with E-state index in [2.05, 4.69) is 10.3 Å². The van der Waals surface area contributed by atoms with Crippen molar-refractivity contribution >= 4 is 5.91 Å². The SMILES string of the molecule is Cc1ncc(CNC(=O)C(C)C#N)o1. The van der Waals surface area contributed by atoms with Gasteiger partial charge in [-0.05, 0) is 6.92 Å². The first-order valence-corrected chi connectivity index (χ1v) is 4.22. The van der Waals surface area contributed by atoms with E-state index in [9.17, 15) is 4.79 Å². The van der Waals surface area contributed by atoms with Crippen LogP contribution >= 0.6 is 0 Å². The Labute approximate surface area is 81.7 Å². The fourth-order valence-corrected chi connectivity index (χ4v) is 0.873. The maximum absolute atomic E-state index is 11.2. The van der Waals surface area contributed by atoms with Gasteiger partial charge in [-0.15, -0.1) is 0 Å². The molecule has 0 aliphatic carbocycles. The summed E-state index contributed by atoms with van der Waals surface area (Å²) in [5.41, 5.74) is 0. The largest absolute Gasteiger partial charge is 0.444 e. The van der Waals surface area contributed by atoms with Crippen molar-refractivity contribution in [3.05, 3.63) is 17.8 Å². The molecule has 1 aromatic heterocycles. The molecule has 0 bridgehead atoms. The number of oxazole rings is 1. The lowest BCUT2D eigenvalue weighted by molar-refractivity contribution is -0.123. The van der Waals surface area contributed by atoms with Crippen LogP contribution in [0.2, 0.25) is 0 Å². The van der Waals surface area contributed by atoms with Crippen LogP contribution in [0.15, 0.2) is 10.6 Å². The second-order valence-corrected chi connectivity index (χ2v) is 2.91. The van der Waals surface area contributed by atoms with Gasteiger partial charge in [0.05, 0.1) is 18.8 Å². The summed E-state index contributed by atoms with van der Waals surface area (Å²) in [6.45, 7) is 3.54. The van der Waals surface area contributed by atoms with Crippen LogP contribution in [0.5, 0.6) is 0 Å². The van der Waals surface area contributed by atoms with Gasteiger partial charge in [0.25, 0.3) is 0 Å². The van der Waals surface area contributed by atoms with Gasteiger partial charge in [-0.1, -0.05) is 0 Å². The second-order valence-electron chi connectivity index (χ2n) is 2.91. The predicted octanol–water partition coefficient (Wildman–Crippen LogP) is 0.759. The van der Waals surface area contributed by atoms with Gasteiger partial charge in [-0.3, -0.25) is 4.79 Å². The topological polar surface area (TPSA) is 78.9 Å². The summed E-state index contributed by atoms with van der Waals surface area (Å²) in [7, 11) is 0. The Bertz CT molecular complexity index is 364. The zero-order valence-corrected chi connectivity index (χ0v) is 8.07. The Morgan fingerprint density at radius 2 is 2.57 bits per heavy atom. The van der Waals surface area contributed by atoms with Gasteiger partial charge in [0, 0.05) is 6.92 Å². The lowest BCUT2D eigenvalue weighted by atomic mass is 10.2. The van der Waals surface area contributed by atoms with E-state index in [4.69, 9.17) is 9.68 Å². The molecule has 0 spiro atoms. The van der Waals surface area contributed by atoms with Gasteiger partial charge in [0.2, 0.25) is 5.91 Å². The highest BCUT2D eigenvalue weighted by Gasteiger charge is 2.11. The number of nitriles is 1. The summed E-state index contributed by atoms with van der Waals surface area (Å²) in [6.07, 6.45) is 1.55. The van der Waals surface area contributed by atoms with Crippen LogP contribution in [-0.4, -0.2) is 10.9 Å². The van der Waals surface area contributed by atoms with Crippen LogP contribution in [-0.2, 0) is 11.3 Å². The third-order valence-corrected chi connectivity index (χ3v) is 1.69. The summed E-state index contributed by atoms with van der Waals surface area (Å²) in [5.74, 6) is 0.198. The van der Waals surface area contributed by atoms with Gasteiger partial charge in [0.1, 0.15) is 11.7 Å². The standard InChI is InChI=1S/C9H11N3O2/c1-6(3-10)9(13)12-5-8-4-11-7(2)14-8/h4,6H,5H2,1-2H3,(H,12,13). The minimum Gasteiger partial charge on any atom is -0.444 e. The Morgan fingerprint density at radius 3 is 3.07 bits per heavy atom. The average Bonchev–Trinajstić information content (AvgIpc) is 2.59. The number of carbonyl (C=O) groups excluding carboxylic acids is 1. The smallest absolute Gasteiger partial charge is 0.237 e. The van der Waals surface area contributed by atoms with Crippen LogP contribution in [0.4, 0.5) is 0 Å². The lowest BCUT2D eigenvalue weighted by Crippen LogP contribution is -2.27. The molecule has 0 aromatic carbocycles. The Hall–Kier alpha value is -1.83. The first-order valence-electron chi connectivity index (χ1n) is 4.22. The molecular weight excluding hydrogens is 182 g/mol. The normalized spacial score (nSPS) is 11.8. The van der Waals surface area contributed by atoms with Crippen molar-refractivity contribution in [1.82, 2.24) is 10.3 Å². The first kappa shape index (κ1) is 10.3. The summed E-state index contributed by atoms with van der Waals surface area (Å²) in [5, 5.41) is 11.0. The number of nitrogens with zero attached hydrogens (tertiary/aromatic N) is 2. The predicted molar refractivity (Wildman–Crippen MR) is 47.9 cm³/mol. The molecule has 0 saturated carbocycles. The maximum atomic E-state index is 11.2. The average molecular weight is 193 g/mol. The monoisotopic (exact) mass is 193 g/mol.